The van der Waals surface area contributed by atoms with E-state index in [1.165, 1.54) is 0 Å². The summed E-state index contributed by atoms with van der Waals surface area (Å²) in [6.07, 6.45) is -0.788. The zero-order chi connectivity index (χ0) is 17.1. The molecule has 0 saturated carbocycles. The molecule has 0 fully saturated rings. The molecule has 1 unspecified atom stereocenters. The number of fused-ring (bicyclic) bond motifs is 1. The normalized spacial score (nSPS) is 12.3. The molecule has 1 atom stereocenters. The maximum Gasteiger partial charge on any atom is 0.227 e. The zero-order valence-electron chi connectivity index (χ0n) is 13.7. The fourth-order valence-electron chi connectivity index (χ4n) is 2.36. The number of hydrogen-bond donors (Lipinski definition) is 3. The molecule has 1 aromatic heterocycles. The summed E-state index contributed by atoms with van der Waals surface area (Å²) >= 11 is 0. The molecule has 0 aliphatic heterocycles. The molecule has 0 bridgehead atoms. The summed E-state index contributed by atoms with van der Waals surface area (Å²) in [5, 5.41) is 21.3. The predicted molar refractivity (Wildman–Crippen MR) is 95.4 cm³/mol. The first kappa shape index (κ1) is 16.3. The van der Waals surface area contributed by atoms with Crippen LogP contribution in [0.1, 0.15) is 0 Å². The smallest absolute Gasteiger partial charge is 0.227 e. The van der Waals surface area contributed by atoms with Gasteiger partial charge in [0, 0.05) is 37.6 Å². The van der Waals surface area contributed by atoms with Gasteiger partial charge >= 0.3 is 0 Å². The molecule has 0 aliphatic rings. The summed E-state index contributed by atoms with van der Waals surface area (Å²) in [7, 11) is 3.99. The van der Waals surface area contributed by atoms with E-state index < -0.39 is 6.10 Å². The van der Waals surface area contributed by atoms with Crippen molar-refractivity contribution in [3.05, 3.63) is 42.5 Å². The second-order valence-corrected chi connectivity index (χ2v) is 5.86. The van der Waals surface area contributed by atoms with Gasteiger partial charge in [-0.2, -0.15) is 0 Å². The molecular formula is C18H21N3O3. The molecule has 0 saturated heterocycles. The fourth-order valence-corrected chi connectivity index (χ4v) is 2.36. The van der Waals surface area contributed by atoms with Crippen molar-refractivity contribution >= 4 is 22.5 Å². The molecule has 3 N–H and O–H groups in total. The van der Waals surface area contributed by atoms with Gasteiger partial charge in [0.05, 0.1) is 12.7 Å². The minimum atomic E-state index is -0.788. The standard InChI is InChI=1S/C18H21N3O3/c1-21(2)14-6-3-12(4-7-14)18-20-16-9-13(5-8-17(16)24-18)19-10-15(23)11-22/h3-9,15,19,22-23H,10-11H2,1-2H3. The second kappa shape index (κ2) is 6.90. The van der Waals surface area contributed by atoms with Gasteiger partial charge in [-0.1, -0.05) is 0 Å². The summed E-state index contributed by atoms with van der Waals surface area (Å²) in [5.74, 6) is 0.572. The van der Waals surface area contributed by atoms with Crippen LogP contribution in [0.5, 0.6) is 0 Å². The average Bonchev–Trinajstić information content (AvgIpc) is 3.03. The fraction of sp³-hybridized carbons (Fsp3) is 0.278. The average molecular weight is 327 g/mol. The SMILES string of the molecule is CN(C)c1ccc(-c2nc3cc(NCC(O)CO)ccc3o2)cc1. The van der Waals surface area contributed by atoms with Gasteiger partial charge < -0.3 is 24.8 Å². The van der Waals surface area contributed by atoms with Crippen molar-refractivity contribution in [3.8, 4) is 11.5 Å². The van der Waals surface area contributed by atoms with Crippen LogP contribution in [0.3, 0.4) is 0 Å². The van der Waals surface area contributed by atoms with Gasteiger partial charge in [-0.3, -0.25) is 0 Å². The highest BCUT2D eigenvalue weighted by atomic mass is 16.3. The first-order chi connectivity index (χ1) is 11.6. The molecule has 126 valence electrons. The Kier molecular flexibility index (Phi) is 4.69. The number of nitrogens with one attached hydrogen (secondary N) is 1. The third-order valence-electron chi connectivity index (χ3n) is 3.77. The molecule has 24 heavy (non-hydrogen) atoms. The Morgan fingerprint density at radius 3 is 2.58 bits per heavy atom. The van der Waals surface area contributed by atoms with Crippen LogP contribution >= 0.6 is 0 Å². The van der Waals surface area contributed by atoms with E-state index >= 15 is 0 Å². The zero-order valence-corrected chi connectivity index (χ0v) is 13.7. The Hall–Kier alpha value is -2.57. The third kappa shape index (κ3) is 3.50. The van der Waals surface area contributed by atoms with Crippen LogP contribution in [-0.2, 0) is 0 Å². The van der Waals surface area contributed by atoms with Crippen molar-refractivity contribution < 1.29 is 14.6 Å². The number of nitrogens with zero attached hydrogens (tertiary/aromatic N) is 2. The van der Waals surface area contributed by atoms with E-state index in [1.807, 2.05) is 61.5 Å². The van der Waals surface area contributed by atoms with E-state index in [1.54, 1.807) is 0 Å². The van der Waals surface area contributed by atoms with Crippen LogP contribution in [0.15, 0.2) is 46.9 Å². The topological polar surface area (TPSA) is 81.8 Å². The first-order valence-electron chi connectivity index (χ1n) is 7.78. The highest BCUT2D eigenvalue weighted by molar-refractivity contribution is 5.80. The van der Waals surface area contributed by atoms with Crippen molar-refractivity contribution in [2.45, 2.75) is 6.10 Å². The van der Waals surface area contributed by atoms with E-state index in [-0.39, 0.29) is 13.2 Å². The van der Waals surface area contributed by atoms with Crippen molar-refractivity contribution in [2.24, 2.45) is 0 Å². The number of aromatic nitrogens is 1. The molecule has 3 aromatic rings. The van der Waals surface area contributed by atoms with Gasteiger partial charge in [0.2, 0.25) is 5.89 Å². The first-order valence-corrected chi connectivity index (χ1v) is 7.78. The Morgan fingerprint density at radius 1 is 1.17 bits per heavy atom. The maximum atomic E-state index is 9.40. The number of benzene rings is 2. The van der Waals surface area contributed by atoms with Crippen LogP contribution in [0.4, 0.5) is 11.4 Å². The van der Waals surface area contributed by atoms with E-state index in [0.29, 0.717) is 11.5 Å². The molecule has 6 nitrogen and oxygen atoms in total. The molecule has 1 heterocycles. The van der Waals surface area contributed by atoms with Crippen molar-refractivity contribution in [1.82, 2.24) is 4.98 Å². The Bertz CT molecular complexity index is 812. The van der Waals surface area contributed by atoms with Gasteiger partial charge in [-0.05, 0) is 42.5 Å². The number of rotatable bonds is 6. The largest absolute Gasteiger partial charge is 0.436 e. The minimum Gasteiger partial charge on any atom is -0.436 e. The molecule has 0 radical (unpaired) electrons. The van der Waals surface area contributed by atoms with E-state index in [4.69, 9.17) is 9.52 Å². The third-order valence-corrected chi connectivity index (χ3v) is 3.77. The second-order valence-electron chi connectivity index (χ2n) is 5.86. The molecule has 3 rings (SSSR count). The monoisotopic (exact) mass is 327 g/mol. The van der Waals surface area contributed by atoms with Crippen LogP contribution in [0.2, 0.25) is 0 Å². The van der Waals surface area contributed by atoms with Gasteiger partial charge in [-0.25, -0.2) is 4.98 Å². The van der Waals surface area contributed by atoms with Gasteiger partial charge in [0.25, 0.3) is 0 Å². The minimum absolute atomic E-state index is 0.272. The number of aliphatic hydroxyl groups is 2. The molecule has 0 spiro atoms. The van der Waals surface area contributed by atoms with E-state index in [2.05, 4.69) is 10.3 Å². The molecule has 0 aliphatic carbocycles. The lowest BCUT2D eigenvalue weighted by atomic mass is 10.2. The summed E-state index contributed by atoms with van der Waals surface area (Å²) < 4.78 is 5.81. The highest BCUT2D eigenvalue weighted by Gasteiger charge is 2.10. The molecular weight excluding hydrogens is 306 g/mol. The van der Waals surface area contributed by atoms with E-state index in [0.717, 1.165) is 22.5 Å². The Morgan fingerprint density at radius 2 is 1.92 bits per heavy atom. The lowest BCUT2D eigenvalue weighted by Crippen LogP contribution is -2.22. The maximum absolute atomic E-state index is 9.40. The summed E-state index contributed by atoms with van der Waals surface area (Å²) in [4.78, 5) is 6.57. The van der Waals surface area contributed by atoms with Crippen LogP contribution < -0.4 is 10.2 Å². The van der Waals surface area contributed by atoms with Crippen LogP contribution in [0, 0.1) is 0 Å². The van der Waals surface area contributed by atoms with E-state index in [9.17, 15) is 5.11 Å². The quantitative estimate of drug-likeness (QED) is 0.645. The van der Waals surface area contributed by atoms with Gasteiger partial charge in [0.1, 0.15) is 5.52 Å². The lowest BCUT2D eigenvalue weighted by molar-refractivity contribution is 0.105. The van der Waals surface area contributed by atoms with Crippen LogP contribution in [-0.4, -0.2) is 48.5 Å². The summed E-state index contributed by atoms with van der Waals surface area (Å²) in [6.45, 7) is 0.00497. The van der Waals surface area contributed by atoms with Crippen molar-refractivity contribution in [2.75, 3.05) is 37.5 Å². The summed E-state index contributed by atoms with van der Waals surface area (Å²) in [6, 6.07) is 13.6. The summed E-state index contributed by atoms with van der Waals surface area (Å²) in [5.41, 5.74) is 4.30. The lowest BCUT2D eigenvalue weighted by Gasteiger charge is -2.11. The molecule has 0 amide bonds. The number of hydrogen-bond acceptors (Lipinski definition) is 6. The van der Waals surface area contributed by atoms with Crippen LogP contribution in [0.25, 0.3) is 22.6 Å². The van der Waals surface area contributed by atoms with Crippen molar-refractivity contribution in [3.63, 3.8) is 0 Å². The highest BCUT2D eigenvalue weighted by Crippen LogP contribution is 2.27. The van der Waals surface area contributed by atoms with Crippen molar-refractivity contribution in [1.29, 1.82) is 0 Å². The molecule has 6 heteroatoms. The predicted octanol–water partition coefficient (Wildman–Crippen LogP) is 2.33. The number of anilines is 2. The van der Waals surface area contributed by atoms with Gasteiger partial charge in [0.15, 0.2) is 5.58 Å². The van der Waals surface area contributed by atoms with Gasteiger partial charge in [-0.15, -0.1) is 0 Å². The Labute approximate surface area is 140 Å². The number of aliphatic hydroxyl groups excluding tert-OH is 2. The number of oxazole rings is 1. The molecule has 2 aromatic carbocycles. The Balaban J connectivity index is 1.83.